The Labute approximate surface area is 142 Å². The van der Waals surface area contributed by atoms with E-state index in [9.17, 15) is 4.79 Å². The molecule has 0 heterocycles. The minimum absolute atomic E-state index is 0.0183. The van der Waals surface area contributed by atoms with Crippen molar-refractivity contribution in [2.24, 2.45) is 0 Å². The first-order valence-electron chi connectivity index (χ1n) is 6.22. The van der Waals surface area contributed by atoms with E-state index in [1.807, 2.05) is 37.0 Å². The molecule has 2 aliphatic rings. The molecule has 3 nitrogen and oxygen atoms in total. The third-order valence-corrected chi connectivity index (χ3v) is 5.70. The zero-order valence-corrected chi connectivity index (χ0v) is 14.7. The molecular formula is C16H12N2OS3. The highest BCUT2D eigenvalue weighted by Gasteiger charge is 2.33. The molecule has 0 fully saturated rings. The lowest BCUT2D eigenvalue weighted by molar-refractivity contribution is -0.111. The highest BCUT2D eigenvalue weighted by atomic mass is 32.2. The molecule has 22 heavy (non-hydrogen) atoms. The van der Waals surface area contributed by atoms with Gasteiger partial charge in [-0.05, 0) is 37.0 Å². The van der Waals surface area contributed by atoms with Gasteiger partial charge in [0.05, 0.1) is 4.91 Å². The summed E-state index contributed by atoms with van der Waals surface area (Å²) in [6.07, 6.45) is 11.2. The van der Waals surface area contributed by atoms with E-state index < -0.39 is 0 Å². The molecule has 0 bridgehead atoms. The molecule has 2 rings (SSSR count). The fourth-order valence-electron chi connectivity index (χ4n) is 2.22. The molecule has 110 valence electrons. The van der Waals surface area contributed by atoms with Crippen molar-refractivity contribution < 1.29 is 4.79 Å². The summed E-state index contributed by atoms with van der Waals surface area (Å²) < 4.78 is 0. The smallest absolute Gasteiger partial charge is 0.201 e. The number of thioether (sulfide) groups is 3. The van der Waals surface area contributed by atoms with Crippen LogP contribution in [0.2, 0.25) is 0 Å². The summed E-state index contributed by atoms with van der Waals surface area (Å²) in [4.78, 5) is 15.2. The van der Waals surface area contributed by atoms with Crippen LogP contribution in [0.25, 0.3) is 0 Å². The number of carbonyl (C=O) groups is 1. The SMILES string of the molecule is CSC1=CC(=C(C#N)C#N)C=C2C(=O)C(SC)=C(SC)C2=C1. The molecule has 0 saturated heterocycles. The van der Waals surface area contributed by atoms with Gasteiger partial charge in [0.1, 0.15) is 17.7 Å². The van der Waals surface area contributed by atoms with E-state index in [0.717, 1.165) is 20.3 Å². The monoisotopic (exact) mass is 344 g/mol. The quantitative estimate of drug-likeness (QED) is 0.722. The van der Waals surface area contributed by atoms with Crippen LogP contribution in [0, 0.1) is 22.7 Å². The van der Waals surface area contributed by atoms with Gasteiger partial charge in [0.2, 0.25) is 5.78 Å². The van der Waals surface area contributed by atoms with Gasteiger partial charge in [-0.15, -0.1) is 35.3 Å². The molecule has 0 N–H and O–H groups in total. The zero-order chi connectivity index (χ0) is 16.3. The molecule has 0 saturated carbocycles. The molecule has 0 spiro atoms. The minimum atomic E-state index is -0.0356. The fraction of sp³-hybridized carbons (Fsp3) is 0.188. The lowest BCUT2D eigenvalue weighted by atomic mass is 10.0. The van der Waals surface area contributed by atoms with E-state index in [1.165, 1.54) is 23.5 Å². The van der Waals surface area contributed by atoms with Crippen LogP contribution in [0.3, 0.4) is 0 Å². The number of nitrogens with zero attached hydrogens (tertiary/aromatic N) is 2. The average Bonchev–Trinajstić information content (AvgIpc) is 2.68. The summed E-state index contributed by atoms with van der Waals surface area (Å²) >= 11 is 4.50. The molecule has 0 aromatic rings. The van der Waals surface area contributed by atoms with Crippen molar-refractivity contribution in [2.75, 3.05) is 18.8 Å². The Kier molecular flexibility index (Phi) is 5.42. The molecule has 0 amide bonds. The predicted octanol–water partition coefficient (Wildman–Crippen LogP) is 3.96. The van der Waals surface area contributed by atoms with Crippen molar-refractivity contribution in [3.8, 4) is 12.1 Å². The second-order valence-corrected chi connectivity index (χ2v) is 6.83. The summed E-state index contributed by atoms with van der Waals surface area (Å²) in [7, 11) is 0. The number of hydrogen-bond donors (Lipinski definition) is 0. The van der Waals surface area contributed by atoms with E-state index in [1.54, 1.807) is 23.9 Å². The Bertz CT molecular complexity index is 767. The summed E-state index contributed by atoms with van der Waals surface area (Å²) in [5.74, 6) is -0.0356. The van der Waals surface area contributed by atoms with Gasteiger partial charge in [0, 0.05) is 26.5 Å². The second-order valence-electron chi connectivity index (χ2n) is 4.32. The number of allylic oxidation sites excluding steroid dienone is 8. The molecule has 0 radical (unpaired) electrons. The Morgan fingerprint density at radius 3 is 2.05 bits per heavy atom. The van der Waals surface area contributed by atoms with Crippen LogP contribution in [-0.4, -0.2) is 24.6 Å². The number of carbonyl (C=O) groups excluding carboxylic acids is 1. The van der Waals surface area contributed by atoms with Crippen LogP contribution in [0.5, 0.6) is 0 Å². The lowest BCUT2D eigenvalue weighted by Gasteiger charge is -2.03. The van der Waals surface area contributed by atoms with E-state index in [0.29, 0.717) is 11.1 Å². The Hall–Kier alpha value is -1.60. The lowest BCUT2D eigenvalue weighted by Crippen LogP contribution is -1.98. The fourth-order valence-corrected chi connectivity index (χ4v) is 4.46. The molecule has 2 aliphatic carbocycles. The first-order chi connectivity index (χ1) is 10.6. The maximum Gasteiger partial charge on any atom is 0.201 e. The highest BCUT2D eigenvalue weighted by molar-refractivity contribution is 8.07. The van der Waals surface area contributed by atoms with Crippen LogP contribution in [-0.2, 0) is 4.79 Å². The molecule has 6 heteroatoms. The predicted molar refractivity (Wildman–Crippen MR) is 95.1 cm³/mol. The summed E-state index contributed by atoms with van der Waals surface area (Å²) in [6, 6.07) is 3.80. The van der Waals surface area contributed by atoms with Gasteiger partial charge >= 0.3 is 0 Å². The van der Waals surface area contributed by atoms with Crippen LogP contribution >= 0.6 is 35.3 Å². The topological polar surface area (TPSA) is 64.7 Å². The first-order valence-corrected chi connectivity index (χ1v) is 9.89. The van der Waals surface area contributed by atoms with Crippen molar-refractivity contribution in [1.29, 1.82) is 10.5 Å². The Morgan fingerprint density at radius 1 is 0.909 bits per heavy atom. The maximum absolute atomic E-state index is 12.6. The molecule has 0 aromatic carbocycles. The van der Waals surface area contributed by atoms with Gasteiger partial charge in [-0.2, -0.15) is 10.5 Å². The molecular weight excluding hydrogens is 332 g/mol. The van der Waals surface area contributed by atoms with Gasteiger partial charge in [-0.25, -0.2) is 0 Å². The number of rotatable bonds is 3. The maximum atomic E-state index is 12.6. The van der Waals surface area contributed by atoms with Crippen LogP contribution in [0.1, 0.15) is 0 Å². The minimum Gasteiger partial charge on any atom is -0.288 e. The van der Waals surface area contributed by atoms with Crippen molar-refractivity contribution in [2.45, 2.75) is 0 Å². The standard InChI is InChI=1S/C16H12N2OS3/c1-20-11-4-9(10(7-17)8-18)5-12-13(6-11)15(21-2)16(22-3)14(12)19/h4-6H,1-3H3. The number of ketones is 1. The van der Waals surface area contributed by atoms with Crippen LogP contribution < -0.4 is 0 Å². The van der Waals surface area contributed by atoms with Gasteiger partial charge < -0.3 is 0 Å². The average molecular weight is 344 g/mol. The van der Waals surface area contributed by atoms with Gasteiger partial charge in [-0.1, -0.05) is 0 Å². The third kappa shape index (κ3) is 2.83. The molecule has 0 atom stereocenters. The van der Waals surface area contributed by atoms with E-state index >= 15 is 0 Å². The van der Waals surface area contributed by atoms with Gasteiger partial charge in [0.25, 0.3) is 0 Å². The third-order valence-electron chi connectivity index (χ3n) is 3.23. The van der Waals surface area contributed by atoms with Crippen LogP contribution in [0.4, 0.5) is 0 Å². The van der Waals surface area contributed by atoms with E-state index in [2.05, 4.69) is 0 Å². The second kappa shape index (κ2) is 7.11. The summed E-state index contributed by atoms with van der Waals surface area (Å²) in [6.45, 7) is 0. The normalized spacial score (nSPS) is 17.0. The van der Waals surface area contributed by atoms with E-state index in [-0.39, 0.29) is 11.4 Å². The highest BCUT2D eigenvalue weighted by Crippen LogP contribution is 2.45. The summed E-state index contributed by atoms with van der Waals surface area (Å²) in [5.41, 5.74) is 1.95. The zero-order valence-electron chi connectivity index (χ0n) is 12.3. The van der Waals surface area contributed by atoms with Gasteiger partial charge in [-0.3, -0.25) is 4.79 Å². The van der Waals surface area contributed by atoms with E-state index in [4.69, 9.17) is 10.5 Å². The van der Waals surface area contributed by atoms with Crippen molar-refractivity contribution in [1.82, 2.24) is 0 Å². The van der Waals surface area contributed by atoms with Crippen molar-refractivity contribution >= 4 is 41.1 Å². The number of nitriles is 2. The molecule has 0 aromatic heterocycles. The Balaban J connectivity index is 2.75. The molecule has 0 aliphatic heterocycles. The number of fused-ring (bicyclic) bond motifs is 1. The Morgan fingerprint density at radius 2 is 1.55 bits per heavy atom. The summed E-state index contributed by atoms with van der Waals surface area (Å²) in [5, 5.41) is 18.2. The molecule has 0 unspecified atom stereocenters. The van der Waals surface area contributed by atoms with Crippen molar-refractivity contribution in [3.05, 3.63) is 55.2 Å². The number of Topliss-reactive ketones (excluding diaryl/α,β-unsaturated/α-hetero) is 1. The largest absolute Gasteiger partial charge is 0.288 e. The van der Waals surface area contributed by atoms with Gasteiger partial charge in [0.15, 0.2) is 0 Å². The number of hydrogen-bond acceptors (Lipinski definition) is 6. The first kappa shape index (κ1) is 16.8. The van der Waals surface area contributed by atoms with Crippen LogP contribution in [0.15, 0.2) is 55.2 Å². The van der Waals surface area contributed by atoms with Crippen molar-refractivity contribution in [3.63, 3.8) is 0 Å².